The summed E-state index contributed by atoms with van der Waals surface area (Å²) >= 11 is 6.25. The van der Waals surface area contributed by atoms with Crippen LogP contribution < -0.4 is 4.72 Å². The highest BCUT2D eigenvalue weighted by molar-refractivity contribution is 9.11. The Morgan fingerprint density at radius 2 is 2.06 bits per heavy atom. The second kappa shape index (κ2) is 4.94. The van der Waals surface area contributed by atoms with Crippen molar-refractivity contribution in [3.8, 4) is 0 Å². The van der Waals surface area contributed by atoms with E-state index in [2.05, 4.69) is 51.5 Å². The predicted octanol–water partition coefficient (Wildman–Crippen LogP) is 1.54. The minimum absolute atomic E-state index is 0.0818. The molecule has 2 aromatic heterocycles. The maximum absolute atomic E-state index is 12.0. The van der Waals surface area contributed by atoms with Crippen LogP contribution in [0.5, 0.6) is 0 Å². The highest BCUT2D eigenvalue weighted by atomic mass is 79.9. The molecule has 0 saturated heterocycles. The van der Waals surface area contributed by atoms with Gasteiger partial charge in [-0.3, -0.25) is 4.72 Å². The van der Waals surface area contributed by atoms with Crippen molar-refractivity contribution in [2.45, 2.75) is 5.03 Å². The molecule has 0 saturated carbocycles. The Bertz CT molecular complexity index is 685. The number of anilines is 1. The van der Waals surface area contributed by atoms with Crippen LogP contribution in [0.3, 0.4) is 0 Å². The lowest BCUT2D eigenvalue weighted by atomic mass is 10.7. The smallest absolute Gasteiger partial charge is 0.282 e. The van der Waals surface area contributed by atoms with Crippen LogP contribution in [0.25, 0.3) is 0 Å². The van der Waals surface area contributed by atoms with Crippen molar-refractivity contribution in [1.82, 2.24) is 19.5 Å². The molecule has 0 spiro atoms. The summed E-state index contributed by atoms with van der Waals surface area (Å²) in [6, 6.07) is 0. The summed E-state index contributed by atoms with van der Waals surface area (Å²) in [6.45, 7) is 0. The zero-order valence-corrected chi connectivity index (χ0v) is 13.0. The summed E-state index contributed by atoms with van der Waals surface area (Å²) in [5, 5.41) is -0.0818. The van der Waals surface area contributed by atoms with E-state index in [4.69, 9.17) is 0 Å². The van der Waals surface area contributed by atoms with Crippen LogP contribution in [0, 0.1) is 0 Å². The third-order valence-electron chi connectivity index (χ3n) is 1.89. The highest BCUT2D eigenvalue weighted by Gasteiger charge is 2.19. The molecule has 10 heteroatoms. The quantitative estimate of drug-likeness (QED) is 0.849. The van der Waals surface area contributed by atoms with E-state index in [0.29, 0.717) is 4.60 Å². The van der Waals surface area contributed by atoms with Crippen LogP contribution in [0.15, 0.2) is 33.0 Å². The summed E-state index contributed by atoms with van der Waals surface area (Å²) in [5.74, 6) is 0.101. The largest absolute Gasteiger partial charge is 0.339 e. The molecule has 0 unspecified atom stereocenters. The van der Waals surface area contributed by atoms with Crippen molar-refractivity contribution in [3.05, 3.63) is 27.9 Å². The fourth-order valence-corrected chi connectivity index (χ4v) is 3.16. The van der Waals surface area contributed by atoms with Gasteiger partial charge in [-0.25, -0.2) is 15.0 Å². The molecule has 0 atom stereocenters. The highest BCUT2D eigenvalue weighted by Crippen LogP contribution is 2.21. The van der Waals surface area contributed by atoms with Crippen LogP contribution in [-0.4, -0.2) is 27.9 Å². The van der Waals surface area contributed by atoms with E-state index < -0.39 is 10.0 Å². The van der Waals surface area contributed by atoms with Gasteiger partial charge in [-0.1, -0.05) is 0 Å². The van der Waals surface area contributed by atoms with E-state index in [1.807, 2.05) is 0 Å². The van der Waals surface area contributed by atoms with Crippen molar-refractivity contribution in [2.75, 3.05) is 4.72 Å². The van der Waals surface area contributed by atoms with E-state index in [9.17, 15) is 8.42 Å². The number of hydrogen-bond donors (Lipinski definition) is 1. The molecule has 18 heavy (non-hydrogen) atoms. The maximum Gasteiger partial charge on any atom is 0.282 e. The van der Waals surface area contributed by atoms with Gasteiger partial charge >= 0.3 is 0 Å². The molecule has 2 aromatic rings. The summed E-state index contributed by atoms with van der Waals surface area (Å²) in [7, 11) is -2.08. The lowest BCUT2D eigenvalue weighted by molar-refractivity contribution is 0.598. The van der Waals surface area contributed by atoms with Gasteiger partial charge in [0.25, 0.3) is 10.0 Å². The molecule has 0 aliphatic rings. The Hall–Kier alpha value is -1.00. The van der Waals surface area contributed by atoms with Crippen LogP contribution in [0.4, 0.5) is 5.82 Å². The van der Waals surface area contributed by atoms with E-state index in [0.717, 1.165) is 0 Å². The molecule has 0 radical (unpaired) electrons. The first-order valence-electron chi connectivity index (χ1n) is 4.57. The van der Waals surface area contributed by atoms with Gasteiger partial charge in [-0.15, -0.1) is 0 Å². The third-order valence-corrected chi connectivity index (χ3v) is 4.05. The first-order valence-corrected chi connectivity index (χ1v) is 7.64. The molecule has 2 rings (SSSR count). The Morgan fingerprint density at radius 1 is 1.33 bits per heavy atom. The predicted molar refractivity (Wildman–Crippen MR) is 71.4 cm³/mol. The topological polar surface area (TPSA) is 89.8 Å². The van der Waals surface area contributed by atoms with E-state index in [1.54, 1.807) is 7.05 Å². The zero-order valence-electron chi connectivity index (χ0n) is 9.00. The Kier molecular flexibility index (Phi) is 3.69. The second-order valence-corrected chi connectivity index (χ2v) is 6.51. The number of nitrogens with one attached hydrogen (secondary N) is 1. The molecule has 0 fully saturated rings. The molecule has 0 aliphatic heterocycles. The number of rotatable bonds is 3. The standard InChI is InChI=1S/C8H7Br2N5O2S/c1-15-3-6(12-4-15)18(16,17)14-8-7(10)13-5(9)2-11-8/h2-4H,1H3,(H,11,14). The van der Waals surface area contributed by atoms with Gasteiger partial charge in [0.2, 0.25) is 0 Å². The van der Waals surface area contributed by atoms with Crippen molar-refractivity contribution in [1.29, 1.82) is 0 Å². The summed E-state index contributed by atoms with van der Waals surface area (Å²) in [4.78, 5) is 11.7. The van der Waals surface area contributed by atoms with Crippen LogP contribution >= 0.6 is 31.9 Å². The summed E-state index contributed by atoms with van der Waals surface area (Å²) < 4.78 is 28.6. The van der Waals surface area contributed by atoms with Crippen molar-refractivity contribution >= 4 is 47.7 Å². The second-order valence-electron chi connectivity index (χ2n) is 3.32. The molecule has 0 bridgehead atoms. The van der Waals surface area contributed by atoms with E-state index in [-0.39, 0.29) is 15.4 Å². The number of hydrogen-bond acceptors (Lipinski definition) is 5. The average molecular weight is 397 g/mol. The lowest BCUT2D eigenvalue weighted by Crippen LogP contribution is -2.15. The van der Waals surface area contributed by atoms with E-state index >= 15 is 0 Å². The molecule has 96 valence electrons. The minimum Gasteiger partial charge on any atom is -0.339 e. The molecule has 7 nitrogen and oxygen atoms in total. The molecular weight excluding hydrogens is 390 g/mol. The van der Waals surface area contributed by atoms with Crippen molar-refractivity contribution < 1.29 is 8.42 Å². The average Bonchev–Trinajstić information content (AvgIpc) is 2.70. The molecular formula is C8H7Br2N5O2S. The van der Waals surface area contributed by atoms with Gasteiger partial charge in [-0.2, -0.15) is 8.42 Å². The number of nitrogens with zero attached hydrogens (tertiary/aromatic N) is 4. The van der Waals surface area contributed by atoms with Crippen LogP contribution in [0.2, 0.25) is 0 Å². The fraction of sp³-hybridized carbons (Fsp3) is 0.125. The SMILES string of the molecule is Cn1cnc(S(=O)(=O)Nc2ncc(Br)nc2Br)c1. The maximum atomic E-state index is 12.0. The number of aryl methyl sites for hydroxylation is 1. The van der Waals surface area contributed by atoms with Crippen molar-refractivity contribution in [2.24, 2.45) is 7.05 Å². The minimum atomic E-state index is -3.76. The first kappa shape index (κ1) is 13.4. The van der Waals surface area contributed by atoms with Gasteiger partial charge in [-0.05, 0) is 31.9 Å². The summed E-state index contributed by atoms with van der Waals surface area (Å²) in [6.07, 6.45) is 4.18. The monoisotopic (exact) mass is 395 g/mol. The van der Waals surface area contributed by atoms with E-state index in [1.165, 1.54) is 23.3 Å². The summed E-state index contributed by atoms with van der Waals surface area (Å²) in [5.41, 5.74) is 0. The number of aromatic nitrogens is 4. The first-order chi connectivity index (χ1) is 8.38. The Labute approximate surface area is 120 Å². The third kappa shape index (κ3) is 2.87. The van der Waals surface area contributed by atoms with Crippen LogP contribution in [-0.2, 0) is 17.1 Å². The van der Waals surface area contributed by atoms with Crippen molar-refractivity contribution in [3.63, 3.8) is 0 Å². The van der Waals surface area contributed by atoms with Gasteiger partial charge in [0, 0.05) is 13.2 Å². The number of halogens is 2. The van der Waals surface area contributed by atoms with Gasteiger partial charge in [0.05, 0.1) is 12.5 Å². The zero-order chi connectivity index (χ0) is 13.3. The normalized spacial score (nSPS) is 11.5. The molecule has 0 aromatic carbocycles. The lowest BCUT2D eigenvalue weighted by Gasteiger charge is -2.06. The molecule has 1 N–H and O–H groups in total. The molecule has 2 heterocycles. The number of imidazole rings is 1. The Balaban J connectivity index is 2.33. The number of sulfonamides is 1. The fourth-order valence-electron chi connectivity index (χ4n) is 1.12. The molecule has 0 aliphatic carbocycles. The Morgan fingerprint density at radius 3 is 2.61 bits per heavy atom. The van der Waals surface area contributed by atoms with Crippen LogP contribution in [0.1, 0.15) is 0 Å². The molecule has 0 amide bonds. The van der Waals surface area contributed by atoms with Gasteiger partial charge in [0.15, 0.2) is 15.4 Å². The van der Waals surface area contributed by atoms with Gasteiger partial charge < -0.3 is 4.57 Å². The van der Waals surface area contributed by atoms with Gasteiger partial charge in [0.1, 0.15) is 4.60 Å².